The molecule has 0 bridgehead atoms. The first-order valence-corrected chi connectivity index (χ1v) is 6.99. The fourth-order valence-electron chi connectivity index (χ4n) is 2.23. The Bertz CT molecular complexity index is 627. The lowest BCUT2D eigenvalue weighted by molar-refractivity contribution is 0.102. The molecule has 2 aromatic carbocycles. The highest BCUT2D eigenvalue weighted by Gasteiger charge is 2.10. The van der Waals surface area contributed by atoms with Gasteiger partial charge in [-0.1, -0.05) is 25.1 Å². The summed E-state index contributed by atoms with van der Waals surface area (Å²) in [6.45, 7) is 8.18. The zero-order valence-corrected chi connectivity index (χ0v) is 12.6. The SMILES string of the molecule is CCc1ccc(NC(=O)c2cc(C)c(C)cc2C)cc1. The van der Waals surface area contributed by atoms with Gasteiger partial charge >= 0.3 is 0 Å². The molecule has 2 nitrogen and oxygen atoms in total. The minimum Gasteiger partial charge on any atom is -0.322 e. The molecule has 0 radical (unpaired) electrons. The van der Waals surface area contributed by atoms with Gasteiger partial charge in [0.1, 0.15) is 0 Å². The Morgan fingerprint density at radius 1 is 0.950 bits per heavy atom. The second-order valence-electron chi connectivity index (χ2n) is 5.26. The van der Waals surface area contributed by atoms with Crippen molar-refractivity contribution in [2.45, 2.75) is 34.1 Å². The third-order valence-corrected chi connectivity index (χ3v) is 3.71. The second-order valence-corrected chi connectivity index (χ2v) is 5.26. The molecule has 0 heterocycles. The molecule has 104 valence electrons. The summed E-state index contributed by atoms with van der Waals surface area (Å²) in [6, 6.07) is 12.0. The summed E-state index contributed by atoms with van der Waals surface area (Å²) in [7, 11) is 0. The van der Waals surface area contributed by atoms with Crippen LogP contribution < -0.4 is 5.32 Å². The summed E-state index contributed by atoms with van der Waals surface area (Å²) >= 11 is 0. The quantitative estimate of drug-likeness (QED) is 0.876. The van der Waals surface area contributed by atoms with Gasteiger partial charge in [0.2, 0.25) is 0 Å². The number of hydrogen-bond donors (Lipinski definition) is 1. The van der Waals surface area contributed by atoms with Crippen molar-refractivity contribution in [3.8, 4) is 0 Å². The number of benzene rings is 2. The Morgan fingerprint density at radius 2 is 1.55 bits per heavy atom. The maximum atomic E-state index is 12.3. The first-order chi connectivity index (χ1) is 9.51. The fraction of sp³-hybridized carbons (Fsp3) is 0.278. The lowest BCUT2D eigenvalue weighted by atomic mass is 10.0. The third-order valence-electron chi connectivity index (χ3n) is 3.71. The van der Waals surface area contributed by atoms with Gasteiger partial charge in [0.25, 0.3) is 5.91 Å². The Morgan fingerprint density at radius 3 is 2.15 bits per heavy atom. The Labute approximate surface area is 120 Å². The van der Waals surface area contributed by atoms with Crippen molar-refractivity contribution >= 4 is 11.6 Å². The van der Waals surface area contributed by atoms with Crippen molar-refractivity contribution < 1.29 is 4.79 Å². The van der Waals surface area contributed by atoms with Crippen molar-refractivity contribution in [2.75, 3.05) is 5.32 Å². The minimum absolute atomic E-state index is 0.0464. The van der Waals surface area contributed by atoms with Gasteiger partial charge in [-0.3, -0.25) is 4.79 Å². The van der Waals surface area contributed by atoms with Gasteiger partial charge in [0.15, 0.2) is 0 Å². The number of carbonyl (C=O) groups is 1. The summed E-state index contributed by atoms with van der Waals surface area (Å²) in [5, 5.41) is 2.96. The predicted molar refractivity (Wildman–Crippen MR) is 84.4 cm³/mol. The number of aryl methyl sites for hydroxylation is 4. The number of hydrogen-bond acceptors (Lipinski definition) is 1. The molecule has 0 unspecified atom stereocenters. The molecule has 1 amide bonds. The summed E-state index contributed by atoms with van der Waals surface area (Å²) in [5.74, 6) is -0.0464. The van der Waals surface area contributed by atoms with E-state index in [9.17, 15) is 4.79 Å². The fourth-order valence-corrected chi connectivity index (χ4v) is 2.23. The van der Waals surface area contributed by atoms with Crippen LogP contribution in [0.5, 0.6) is 0 Å². The minimum atomic E-state index is -0.0464. The molecule has 2 heteroatoms. The van der Waals surface area contributed by atoms with E-state index in [1.165, 1.54) is 11.1 Å². The van der Waals surface area contributed by atoms with Crippen molar-refractivity contribution in [1.29, 1.82) is 0 Å². The molecule has 0 fully saturated rings. The van der Waals surface area contributed by atoms with Crippen LogP contribution in [0.2, 0.25) is 0 Å². The lowest BCUT2D eigenvalue weighted by Gasteiger charge is -2.11. The smallest absolute Gasteiger partial charge is 0.255 e. The van der Waals surface area contributed by atoms with Crippen molar-refractivity contribution in [1.82, 2.24) is 0 Å². The van der Waals surface area contributed by atoms with Crippen LogP contribution >= 0.6 is 0 Å². The van der Waals surface area contributed by atoms with Crippen LogP contribution in [-0.4, -0.2) is 5.91 Å². The van der Waals surface area contributed by atoms with Crippen molar-refractivity contribution in [3.05, 3.63) is 64.2 Å². The van der Waals surface area contributed by atoms with E-state index in [-0.39, 0.29) is 5.91 Å². The van der Waals surface area contributed by atoms with Crippen LogP contribution in [0.3, 0.4) is 0 Å². The largest absolute Gasteiger partial charge is 0.322 e. The molecule has 0 aliphatic carbocycles. The van der Waals surface area contributed by atoms with E-state index in [0.717, 1.165) is 28.8 Å². The van der Waals surface area contributed by atoms with Crippen molar-refractivity contribution in [2.24, 2.45) is 0 Å². The first kappa shape index (κ1) is 14.3. The van der Waals surface area contributed by atoms with Gasteiger partial charge in [-0.25, -0.2) is 0 Å². The maximum Gasteiger partial charge on any atom is 0.255 e. The van der Waals surface area contributed by atoms with Crippen LogP contribution in [0.25, 0.3) is 0 Å². The Hall–Kier alpha value is -2.09. The molecule has 0 aliphatic rings. The van der Waals surface area contributed by atoms with E-state index in [2.05, 4.69) is 25.2 Å². The van der Waals surface area contributed by atoms with Crippen molar-refractivity contribution in [3.63, 3.8) is 0 Å². The number of anilines is 1. The molecule has 0 atom stereocenters. The van der Waals surface area contributed by atoms with Crippen LogP contribution in [0.4, 0.5) is 5.69 Å². The first-order valence-electron chi connectivity index (χ1n) is 6.99. The maximum absolute atomic E-state index is 12.3. The second kappa shape index (κ2) is 5.91. The van der Waals surface area contributed by atoms with Crippen LogP contribution in [0.1, 0.15) is 39.5 Å². The highest BCUT2D eigenvalue weighted by Crippen LogP contribution is 2.17. The number of carbonyl (C=O) groups excluding carboxylic acids is 1. The number of amides is 1. The summed E-state index contributed by atoms with van der Waals surface area (Å²) in [5.41, 5.74) is 6.21. The van der Waals surface area contributed by atoms with E-state index in [1.807, 2.05) is 44.2 Å². The van der Waals surface area contributed by atoms with Gasteiger partial charge in [-0.2, -0.15) is 0 Å². The van der Waals surface area contributed by atoms with Gasteiger partial charge in [0.05, 0.1) is 0 Å². The van der Waals surface area contributed by atoms with E-state index in [0.29, 0.717) is 0 Å². The number of rotatable bonds is 3. The van der Waals surface area contributed by atoms with Gasteiger partial charge in [-0.05, 0) is 67.6 Å². The average molecular weight is 267 g/mol. The summed E-state index contributed by atoms with van der Waals surface area (Å²) < 4.78 is 0. The molecule has 0 saturated heterocycles. The molecule has 0 saturated carbocycles. The molecule has 0 aliphatic heterocycles. The van der Waals surface area contributed by atoms with Crippen LogP contribution in [-0.2, 0) is 6.42 Å². The third kappa shape index (κ3) is 3.08. The summed E-state index contributed by atoms with van der Waals surface area (Å²) in [4.78, 5) is 12.3. The standard InChI is InChI=1S/C18H21NO/c1-5-15-6-8-16(9-7-15)19-18(20)17-11-13(3)12(2)10-14(17)4/h6-11H,5H2,1-4H3,(H,19,20). The molecule has 0 spiro atoms. The summed E-state index contributed by atoms with van der Waals surface area (Å²) in [6.07, 6.45) is 1.00. The monoisotopic (exact) mass is 267 g/mol. The molecule has 20 heavy (non-hydrogen) atoms. The van der Waals surface area contributed by atoms with Crippen LogP contribution in [0.15, 0.2) is 36.4 Å². The van der Waals surface area contributed by atoms with Gasteiger partial charge in [0, 0.05) is 11.3 Å². The highest BCUT2D eigenvalue weighted by molar-refractivity contribution is 6.05. The zero-order valence-electron chi connectivity index (χ0n) is 12.6. The topological polar surface area (TPSA) is 29.1 Å². The van der Waals surface area contributed by atoms with E-state index >= 15 is 0 Å². The van der Waals surface area contributed by atoms with Crippen LogP contribution in [0, 0.1) is 20.8 Å². The van der Waals surface area contributed by atoms with E-state index in [1.54, 1.807) is 0 Å². The van der Waals surface area contributed by atoms with Gasteiger partial charge in [-0.15, -0.1) is 0 Å². The molecule has 2 rings (SSSR count). The lowest BCUT2D eigenvalue weighted by Crippen LogP contribution is -2.14. The predicted octanol–water partition coefficient (Wildman–Crippen LogP) is 4.43. The normalized spacial score (nSPS) is 10.4. The van der Waals surface area contributed by atoms with Gasteiger partial charge < -0.3 is 5.32 Å². The zero-order chi connectivity index (χ0) is 14.7. The molecule has 2 aromatic rings. The molecular weight excluding hydrogens is 246 g/mol. The Kier molecular flexibility index (Phi) is 4.23. The molecule has 0 aromatic heterocycles. The number of nitrogens with one attached hydrogen (secondary N) is 1. The highest BCUT2D eigenvalue weighted by atomic mass is 16.1. The molecule has 1 N–H and O–H groups in total. The van der Waals surface area contributed by atoms with E-state index < -0.39 is 0 Å². The van der Waals surface area contributed by atoms with E-state index in [4.69, 9.17) is 0 Å². The molecular formula is C18H21NO. The Balaban J connectivity index is 2.21. The average Bonchev–Trinajstić information content (AvgIpc) is 2.43.